The number of aromatic amines is 1. The van der Waals surface area contributed by atoms with Crippen LogP contribution in [0.15, 0.2) is 24.3 Å². The average Bonchev–Trinajstić information content (AvgIpc) is 2.73. The smallest absolute Gasteiger partial charge is 0.114 e. The molecule has 6 nitrogen and oxygen atoms in total. The number of hydrogen-bond donors (Lipinski definition) is 5. The zero-order valence-electron chi connectivity index (χ0n) is 9.30. The summed E-state index contributed by atoms with van der Waals surface area (Å²) >= 11 is 0. The lowest BCUT2D eigenvalue weighted by Crippen LogP contribution is -2.59. The van der Waals surface area contributed by atoms with E-state index in [0.29, 0.717) is 0 Å². The van der Waals surface area contributed by atoms with Crippen molar-refractivity contribution < 1.29 is 0 Å². The molecular formula is C11H16N6. The highest BCUT2D eigenvalue weighted by Crippen LogP contribution is 2.36. The third-order valence-corrected chi connectivity index (χ3v) is 3.44. The van der Waals surface area contributed by atoms with Crippen molar-refractivity contribution >= 4 is 10.9 Å². The normalized spacial score (nSPS) is 29.5. The molecule has 17 heavy (non-hydrogen) atoms. The Bertz CT molecular complexity index is 562. The summed E-state index contributed by atoms with van der Waals surface area (Å²) in [5.74, 6) is 5.83. The molecule has 6 heteroatoms. The van der Waals surface area contributed by atoms with Crippen LogP contribution in [0.2, 0.25) is 0 Å². The van der Waals surface area contributed by atoms with Gasteiger partial charge < -0.3 is 22.2 Å². The van der Waals surface area contributed by atoms with E-state index in [2.05, 4.69) is 4.98 Å². The third-order valence-electron chi connectivity index (χ3n) is 3.44. The summed E-state index contributed by atoms with van der Waals surface area (Å²) in [6.45, 7) is 0. The van der Waals surface area contributed by atoms with Crippen molar-refractivity contribution in [2.24, 2.45) is 23.0 Å². The van der Waals surface area contributed by atoms with Gasteiger partial charge in [-0.25, -0.2) is 5.01 Å². The summed E-state index contributed by atoms with van der Waals surface area (Å²) in [4.78, 5) is 3.26. The topological polar surface area (TPSA) is 123 Å². The second-order valence-electron chi connectivity index (χ2n) is 4.41. The van der Waals surface area contributed by atoms with Gasteiger partial charge in [0.25, 0.3) is 0 Å². The molecule has 1 aliphatic heterocycles. The van der Waals surface area contributed by atoms with E-state index in [0.717, 1.165) is 22.2 Å². The van der Waals surface area contributed by atoms with Gasteiger partial charge in [-0.15, -0.1) is 0 Å². The maximum Gasteiger partial charge on any atom is 0.114 e. The van der Waals surface area contributed by atoms with Gasteiger partial charge in [0, 0.05) is 16.5 Å². The molecule has 3 unspecified atom stereocenters. The second kappa shape index (κ2) is 3.52. The van der Waals surface area contributed by atoms with Gasteiger partial charge in [-0.3, -0.25) is 5.84 Å². The van der Waals surface area contributed by atoms with Gasteiger partial charge in [0.1, 0.15) is 6.17 Å². The SMILES string of the molecule is NC1c2c([nH]c3ccccc23)C(N)N(N)C1N. The van der Waals surface area contributed by atoms with Crippen LogP contribution in [-0.2, 0) is 0 Å². The summed E-state index contributed by atoms with van der Waals surface area (Å²) in [7, 11) is 0. The Balaban J connectivity index is 2.30. The molecular weight excluding hydrogens is 216 g/mol. The molecule has 0 amide bonds. The highest BCUT2D eigenvalue weighted by atomic mass is 15.5. The van der Waals surface area contributed by atoms with E-state index in [1.54, 1.807) is 0 Å². The van der Waals surface area contributed by atoms with E-state index in [1.165, 1.54) is 5.01 Å². The first-order valence-corrected chi connectivity index (χ1v) is 5.51. The van der Waals surface area contributed by atoms with Crippen LogP contribution in [0.1, 0.15) is 23.5 Å². The molecule has 1 aromatic heterocycles. The molecule has 2 heterocycles. The van der Waals surface area contributed by atoms with Gasteiger partial charge in [0.2, 0.25) is 0 Å². The fraction of sp³-hybridized carbons (Fsp3) is 0.273. The standard InChI is InChI=1S/C11H16N6/c12-8-7-5-3-1-2-4-6(5)16-9(7)11(14)17(15)10(8)13/h1-4,8,10-11,16H,12-15H2. The molecule has 3 rings (SSSR count). The van der Waals surface area contributed by atoms with Gasteiger partial charge in [0.05, 0.1) is 17.9 Å². The minimum absolute atomic E-state index is 0.342. The fourth-order valence-corrected chi connectivity index (χ4v) is 2.47. The van der Waals surface area contributed by atoms with Crippen LogP contribution in [0.5, 0.6) is 0 Å². The zero-order valence-corrected chi connectivity index (χ0v) is 9.30. The molecule has 0 bridgehead atoms. The van der Waals surface area contributed by atoms with Crippen molar-refractivity contribution in [3.63, 3.8) is 0 Å². The second-order valence-corrected chi connectivity index (χ2v) is 4.41. The first kappa shape index (κ1) is 10.7. The highest BCUT2D eigenvalue weighted by molar-refractivity contribution is 5.85. The van der Waals surface area contributed by atoms with E-state index in [-0.39, 0.29) is 6.04 Å². The van der Waals surface area contributed by atoms with Crippen LogP contribution >= 0.6 is 0 Å². The third kappa shape index (κ3) is 1.33. The molecule has 3 atom stereocenters. The molecule has 1 aliphatic rings. The molecule has 0 radical (unpaired) electrons. The lowest BCUT2D eigenvalue weighted by molar-refractivity contribution is 0.102. The Kier molecular flexibility index (Phi) is 2.22. The number of hydrazine groups is 1. The largest absolute Gasteiger partial charge is 0.356 e. The van der Waals surface area contributed by atoms with E-state index < -0.39 is 12.3 Å². The molecule has 0 aliphatic carbocycles. The number of aromatic nitrogens is 1. The molecule has 90 valence electrons. The maximum atomic E-state index is 6.13. The Hall–Kier alpha value is -1.44. The molecule has 9 N–H and O–H groups in total. The van der Waals surface area contributed by atoms with Crippen LogP contribution in [0.3, 0.4) is 0 Å². The number of rotatable bonds is 0. The Morgan fingerprint density at radius 2 is 1.82 bits per heavy atom. The predicted molar refractivity (Wildman–Crippen MR) is 66.2 cm³/mol. The van der Waals surface area contributed by atoms with Crippen LogP contribution in [-0.4, -0.2) is 16.2 Å². The fourth-order valence-electron chi connectivity index (χ4n) is 2.47. The minimum Gasteiger partial charge on any atom is -0.356 e. The van der Waals surface area contributed by atoms with E-state index in [1.807, 2.05) is 24.3 Å². The number of benzene rings is 1. The molecule has 0 spiro atoms. The number of nitrogens with one attached hydrogen (secondary N) is 1. The molecule has 0 saturated heterocycles. The van der Waals surface area contributed by atoms with Crippen molar-refractivity contribution in [3.8, 4) is 0 Å². The lowest BCUT2D eigenvalue weighted by atomic mass is 9.96. The number of fused-ring (bicyclic) bond motifs is 3. The molecule has 2 aromatic rings. The summed E-state index contributed by atoms with van der Waals surface area (Å²) in [5, 5.41) is 2.46. The van der Waals surface area contributed by atoms with Crippen LogP contribution in [0, 0.1) is 0 Å². The van der Waals surface area contributed by atoms with Crippen LogP contribution < -0.4 is 23.0 Å². The monoisotopic (exact) mass is 232 g/mol. The van der Waals surface area contributed by atoms with E-state index >= 15 is 0 Å². The predicted octanol–water partition coefficient (Wildman–Crippen LogP) is -0.401. The van der Waals surface area contributed by atoms with E-state index in [9.17, 15) is 0 Å². The first-order valence-electron chi connectivity index (χ1n) is 5.51. The zero-order chi connectivity index (χ0) is 12.2. The number of hydrogen-bond acceptors (Lipinski definition) is 5. The van der Waals surface area contributed by atoms with Crippen LogP contribution in [0.25, 0.3) is 10.9 Å². The molecule has 0 fully saturated rings. The van der Waals surface area contributed by atoms with Crippen molar-refractivity contribution in [2.45, 2.75) is 18.4 Å². The van der Waals surface area contributed by atoms with Gasteiger partial charge in [0.15, 0.2) is 0 Å². The first-order chi connectivity index (χ1) is 8.11. The summed E-state index contributed by atoms with van der Waals surface area (Å²) in [6.07, 6.45) is -0.927. The van der Waals surface area contributed by atoms with Crippen molar-refractivity contribution in [2.75, 3.05) is 0 Å². The van der Waals surface area contributed by atoms with E-state index in [4.69, 9.17) is 23.0 Å². The molecule has 0 saturated carbocycles. The summed E-state index contributed by atoms with van der Waals surface area (Å²) < 4.78 is 0. The van der Waals surface area contributed by atoms with Crippen molar-refractivity contribution in [1.29, 1.82) is 0 Å². The van der Waals surface area contributed by atoms with Gasteiger partial charge in [-0.2, -0.15) is 0 Å². The quantitative estimate of drug-likeness (QED) is 0.395. The van der Waals surface area contributed by atoms with Crippen LogP contribution in [0.4, 0.5) is 0 Å². The number of H-pyrrole nitrogens is 1. The Morgan fingerprint density at radius 3 is 2.59 bits per heavy atom. The highest BCUT2D eigenvalue weighted by Gasteiger charge is 2.36. The minimum atomic E-state index is -0.475. The number of nitrogens with zero attached hydrogens (tertiary/aromatic N) is 1. The van der Waals surface area contributed by atoms with Crippen molar-refractivity contribution in [3.05, 3.63) is 35.5 Å². The maximum absolute atomic E-state index is 6.13. The Labute approximate surface area is 98.5 Å². The number of para-hydroxylation sites is 1. The summed E-state index contributed by atoms with van der Waals surface area (Å²) in [5.41, 5.74) is 21.0. The Morgan fingerprint density at radius 1 is 1.12 bits per heavy atom. The summed E-state index contributed by atoms with van der Waals surface area (Å²) in [6, 6.07) is 7.58. The average molecular weight is 232 g/mol. The van der Waals surface area contributed by atoms with Gasteiger partial charge >= 0.3 is 0 Å². The van der Waals surface area contributed by atoms with Gasteiger partial charge in [-0.1, -0.05) is 18.2 Å². The van der Waals surface area contributed by atoms with Gasteiger partial charge in [-0.05, 0) is 6.07 Å². The lowest BCUT2D eigenvalue weighted by Gasteiger charge is -2.38. The molecule has 1 aromatic carbocycles. The van der Waals surface area contributed by atoms with Crippen molar-refractivity contribution in [1.82, 2.24) is 9.99 Å². The number of nitrogens with two attached hydrogens (primary N) is 4.